The molecule has 0 saturated heterocycles. The molecule has 1 atom stereocenters. The lowest BCUT2D eigenvalue weighted by atomic mass is 10.0. The molecule has 1 heterocycles. The SMILES string of the molecule is CCCn1cc(C(N)c2ccc(C)cc2Cl)cn1. The van der Waals surface area contributed by atoms with Crippen molar-refractivity contribution in [2.75, 3.05) is 0 Å². The number of aryl methyl sites for hydroxylation is 2. The Hall–Kier alpha value is -1.32. The molecule has 2 aromatic rings. The van der Waals surface area contributed by atoms with Gasteiger partial charge in [0.25, 0.3) is 0 Å². The minimum absolute atomic E-state index is 0.219. The Balaban J connectivity index is 2.26. The van der Waals surface area contributed by atoms with Crippen molar-refractivity contribution in [3.63, 3.8) is 0 Å². The van der Waals surface area contributed by atoms with Gasteiger partial charge in [0, 0.05) is 23.3 Å². The van der Waals surface area contributed by atoms with Crippen LogP contribution in [-0.2, 0) is 6.54 Å². The third-order valence-corrected chi connectivity index (χ3v) is 3.28. The lowest BCUT2D eigenvalue weighted by Gasteiger charge is -2.12. The zero-order chi connectivity index (χ0) is 13.1. The first-order valence-electron chi connectivity index (χ1n) is 6.15. The number of nitrogens with two attached hydrogens (primary N) is 1. The van der Waals surface area contributed by atoms with Crippen LogP contribution in [0.25, 0.3) is 0 Å². The molecule has 0 aliphatic heterocycles. The van der Waals surface area contributed by atoms with Crippen LogP contribution in [0.3, 0.4) is 0 Å². The molecule has 2 N–H and O–H groups in total. The molecule has 1 aromatic heterocycles. The van der Waals surface area contributed by atoms with Gasteiger partial charge in [-0.25, -0.2) is 0 Å². The molecule has 96 valence electrons. The fourth-order valence-corrected chi connectivity index (χ4v) is 2.31. The fourth-order valence-electron chi connectivity index (χ4n) is 1.96. The first-order chi connectivity index (χ1) is 8.61. The maximum Gasteiger partial charge on any atom is 0.0597 e. The zero-order valence-electron chi connectivity index (χ0n) is 10.7. The van der Waals surface area contributed by atoms with Crippen LogP contribution in [0, 0.1) is 6.92 Å². The van der Waals surface area contributed by atoms with E-state index in [-0.39, 0.29) is 6.04 Å². The van der Waals surface area contributed by atoms with Crippen LogP contribution in [0.2, 0.25) is 5.02 Å². The van der Waals surface area contributed by atoms with Crippen LogP contribution >= 0.6 is 11.6 Å². The molecule has 0 aliphatic rings. The van der Waals surface area contributed by atoms with E-state index in [9.17, 15) is 0 Å². The van der Waals surface area contributed by atoms with Crippen molar-refractivity contribution in [3.05, 3.63) is 52.3 Å². The van der Waals surface area contributed by atoms with Gasteiger partial charge in [-0.1, -0.05) is 30.7 Å². The molecule has 3 nitrogen and oxygen atoms in total. The zero-order valence-corrected chi connectivity index (χ0v) is 11.5. The number of nitrogens with zero attached hydrogens (tertiary/aromatic N) is 2. The fraction of sp³-hybridized carbons (Fsp3) is 0.357. The van der Waals surface area contributed by atoms with E-state index in [1.807, 2.05) is 42.2 Å². The predicted molar refractivity (Wildman–Crippen MR) is 74.7 cm³/mol. The summed E-state index contributed by atoms with van der Waals surface area (Å²) >= 11 is 6.24. The highest BCUT2D eigenvalue weighted by atomic mass is 35.5. The van der Waals surface area contributed by atoms with E-state index in [1.165, 1.54) is 0 Å². The number of rotatable bonds is 4. The largest absolute Gasteiger partial charge is 0.320 e. The average Bonchev–Trinajstić information content (AvgIpc) is 2.77. The van der Waals surface area contributed by atoms with Gasteiger partial charge in [-0.2, -0.15) is 5.10 Å². The molecule has 2 rings (SSSR count). The Bertz CT molecular complexity index is 534. The van der Waals surface area contributed by atoms with Crippen LogP contribution in [0.1, 0.15) is 36.1 Å². The number of aromatic nitrogens is 2. The predicted octanol–water partition coefficient (Wildman–Crippen LogP) is 3.30. The van der Waals surface area contributed by atoms with Crippen molar-refractivity contribution in [1.29, 1.82) is 0 Å². The summed E-state index contributed by atoms with van der Waals surface area (Å²) in [6, 6.07) is 5.73. The molecule has 4 heteroatoms. The van der Waals surface area contributed by atoms with Crippen LogP contribution < -0.4 is 5.73 Å². The Kier molecular flexibility index (Phi) is 4.04. The second kappa shape index (κ2) is 5.55. The molecule has 0 spiro atoms. The van der Waals surface area contributed by atoms with Crippen molar-refractivity contribution in [3.8, 4) is 0 Å². The van der Waals surface area contributed by atoms with Gasteiger partial charge in [0.05, 0.1) is 12.2 Å². The van der Waals surface area contributed by atoms with Gasteiger partial charge in [0.2, 0.25) is 0 Å². The summed E-state index contributed by atoms with van der Waals surface area (Å²) in [6.45, 7) is 5.05. The minimum atomic E-state index is -0.219. The van der Waals surface area contributed by atoms with Crippen LogP contribution in [0.15, 0.2) is 30.6 Å². The van der Waals surface area contributed by atoms with Crippen LogP contribution in [0.4, 0.5) is 0 Å². The van der Waals surface area contributed by atoms with E-state index in [4.69, 9.17) is 17.3 Å². The lowest BCUT2D eigenvalue weighted by molar-refractivity contribution is 0.602. The van der Waals surface area contributed by atoms with Gasteiger partial charge >= 0.3 is 0 Å². The van der Waals surface area contributed by atoms with Gasteiger partial charge in [-0.15, -0.1) is 0 Å². The van der Waals surface area contributed by atoms with E-state index in [0.717, 1.165) is 29.7 Å². The first-order valence-corrected chi connectivity index (χ1v) is 6.53. The maximum atomic E-state index is 6.24. The third-order valence-electron chi connectivity index (χ3n) is 2.96. The van der Waals surface area contributed by atoms with Crippen molar-refractivity contribution < 1.29 is 0 Å². The van der Waals surface area contributed by atoms with Gasteiger partial charge in [-0.3, -0.25) is 4.68 Å². The summed E-state index contributed by atoms with van der Waals surface area (Å²) in [7, 11) is 0. The number of halogens is 1. The van der Waals surface area contributed by atoms with Crippen LogP contribution in [0.5, 0.6) is 0 Å². The van der Waals surface area contributed by atoms with Gasteiger partial charge < -0.3 is 5.73 Å². The Morgan fingerprint density at radius 3 is 2.89 bits per heavy atom. The highest BCUT2D eigenvalue weighted by Gasteiger charge is 2.14. The van der Waals surface area contributed by atoms with Gasteiger partial charge in [0.1, 0.15) is 0 Å². The summed E-state index contributed by atoms with van der Waals surface area (Å²) in [6.07, 6.45) is 4.86. The molecular weight excluding hydrogens is 246 g/mol. The topological polar surface area (TPSA) is 43.8 Å². The molecule has 0 bridgehead atoms. The summed E-state index contributed by atoms with van der Waals surface area (Å²) in [5.41, 5.74) is 9.31. The molecular formula is C14H18ClN3. The van der Waals surface area contributed by atoms with Crippen molar-refractivity contribution in [1.82, 2.24) is 9.78 Å². The smallest absolute Gasteiger partial charge is 0.0597 e. The Labute approximate surface area is 113 Å². The molecule has 1 aromatic carbocycles. The Morgan fingerprint density at radius 1 is 1.44 bits per heavy atom. The standard InChI is InChI=1S/C14H18ClN3/c1-3-6-18-9-11(8-17-18)14(16)12-5-4-10(2)7-13(12)15/h4-5,7-9,14H,3,6,16H2,1-2H3. The second-order valence-corrected chi connectivity index (χ2v) is 4.95. The summed E-state index contributed by atoms with van der Waals surface area (Å²) in [5, 5.41) is 5.01. The molecule has 1 unspecified atom stereocenters. The monoisotopic (exact) mass is 263 g/mol. The van der Waals surface area contributed by atoms with Gasteiger partial charge in [-0.05, 0) is 30.5 Å². The molecule has 0 saturated carbocycles. The van der Waals surface area contributed by atoms with E-state index in [1.54, 1.807) is 0 Å². The highest BCUT2D eigenvalue weighted by molar-refractivity contribution is 6.31. The first kappa shape index (κ1) is 13.1. The van der Waals surface area contributed by atoms with Crippen molar-refractivity contribution >= 4 is 11.6 Å². The second-order valence-electron chi connectivity index (χ2n) is 4.54. The maximum absolute atomic E-state index is 6.24. The normalized spacial score (nSPS) is 12.7. The molecule has 0 amide bonds. The van der Waals surface area contributed by atoms with E-state index in [0.29, 0.717) is 5.02 Å². The average molecular weight is 264 g/mol. The molecule has 0 aliphatic carbocycles. The molecule has 0 radical (unpaired) electrons. The van der Waals surface area contributed by atoms with Crippen molar-refractivity contribution in [2.24, 2.45) is 5.73 Å². The van der Waals surface area contributed by atoms with E-state index < -0.39 is 0 Å². The third kappa shape index (κ3) is 2.74. The molecule has 0 fully saturated rings. The number of hydrogen-bond acceptors (Lipinski definition) is 2. The lowest BCUT2D eigenvalue weighted by Crippen LogP contribution is -2.11. The van der Waals surface area contributed by atoms with E-state index in [2.05, 4.69) is 12.0 Å². The van der Waals surface area contributed by atoms with Crippen molar-refractivity contribution in [2.45, 2.75) is 32.9 Å². The Morgan fingerprint density at radius 2 is 2.22 bits per heavy atom. The highest BCUT2D eigenvalue weighted by Crippen LogP contribution is 2.27. The number of benzene rings is 1. The summed E-state index contributed by atoms with van der Waals surface area (Å²) < 4.78 is 1.91. The summed E-state index contributed by atoms with van der Waals surface area (Å²) in [4.78, 5) is 0. The quantitative estimate of drug-likeness (QED) is 0.920. The van der Waals surface area contributed by atoms with Gasteiger partial charge in [0.15, 0.2) is 0 Å². The van der Waals surface area contributed by atoms with E-state index >= 15 is 0 Å². The summed E-state index contributed by atoms with van der Waals surface area (Å²) in [5.74, 6) is 0. The number of hydrogen-bond donors (Lipinski definition) is 1. The molecule has 18 heavy (non-hydrogen) atoms. The minimum Gasteiger partial charge on any atom is -0.320 e. The van der Waals surface area contributed by atoms with Crippen LogP contribution in [-0.4, -0.2) is 9.78 Å².